The standard InChI is InChI=1S/C22H28FN5O4.C20H22FN5O4.C3H7I.C3H8/c1-3-4-17(30)11-27-10-15-9-26(13-20(15)25-27)21-6-5-16(7-19(21)23)28-12-18(32-22(28)31)8-24-14(2)29;1-12(27)22-5-15-9-26(20(28)30-15)14-2-3-19(17(21)4-14)24-6-13-7-25(8-16-11-29-16)23-18(13)10-24;1-2-3-4;1-3-2/h5-7,10,17-18,30H,3-4,8-9,11-13H2,1-2H3,(H,24,29);2-4,7,15-16H,5-6,8-11H2,1H3,(H,22,27);2-3H2,1H3;3H2,1-2H3/t17-,18+;15-,16-;;/m10../s1. The summed E-state index contributed by atoms with van der Waals surface area (Å²) < 4.78 is 50.5. The molecule has 3 saturated heterocycles. The van der Waals surface area contributed by atoms with Gasteiger partial charge in [0.05, 0.1) is 99.2 Å². The van der Waals surface area contributed by atoms with Crippen molar-refractivity contribution in [2.45, 2.75) is 131 Å². The summed E-state index contributed by atoms with van der Waals surface area (Å²) in [4.78, 5) is 53.0. The number of carbonyl (C=O) groups excluding carboxylic acids is 4. The molecule has 69 heavy (non-hydrogen) atoms. The zero-order valence-electron chi connectivity index (χ0n) is 40.3. The third-order valence-electron chi connectivity index (χ3n) is 11.3. The second kappa shape index (κ2) is 24.8. The number of hydrogen-bond acceptors (Lipinski definition) is 12. The van der Waals surface area contributed by atoms with Crippen LogP contribution in [-0.4, -0.2) is 110 Å². The van der Waals surface area contributed by atoms with Crippen molar-refractivity contribution in [2.24, 2.45) is 0 Å². The number of epoxide rings is 1. The van der Waals surface area contributed by atoms with Crippen molar-refractivity contribution >= 4 is 69.3 Å². The van der Waals surface area contributed by atoms with E-state index in [0.29, 0.717) is 55.5 Å². The number of carbonyl (C=O) groups is 4. The molecule has 0 bridgehead atoms. The van der Waals surface area contributed by atoms with Gasteiger partial charge >= 0.3 is 12.2 Å². The number of fused-ring (bicyclic) bond motifs is 2. The lowest BCUT2D eigenvalue weighted by Crippen LogP contribution is -2.33. The highest BCUT2D eigenvalue weighted by molar-refractivity contribution is 14.1. The number of aromatic nitrogens is 4. The average molecular weight is 1080 g/mol. The van der Waals surface area contributed by atoms with E-state index in [2.05, 4.69) is 64.2 Å². The van der Waals surface area contributed by atoms with Gasteiger partial charge in [0, 0.05) is 50.5 Å². The molecule has 3 N–H and O–H groups in total. The number of alkyl halides is 1. The highest BCUT2D eigenvalue weighted by Crippen LogP contribution is 2.35. The lowest BCUT2D eigenvalue weighted by atomic mass is 10.2. The van der Waals surface area contributed by atoms with Gasteiger partial charge in [-0.25, -0.2) is 18.4 Å². The Labute approximate surface area is 415 Å². The van der Waals surface area contributed by atoms with Crippen LogP contribution in [0.3, 0.4) is 0 Å². The SMILES string of the molecule is CC(=O)NC[C@H]1CN(c2ccc(N3Cc4cn(C[C@H]5CO5)nc4C3)c(F)c2)C(=O)O1.CCC.CCCI.CCC[C@@H](O)Cn1cc2c(n1)CN(c1ccc(N3C[C@H](CNC(C)=O)OC3=O)cc1F)C2. The van der Waals surface area contributed by atoms with Gasteiger partial charge in [-0.15, -0.1) is 0 Å². The van der Waals surface area contributed by atoms with Crippen molar-refractivity contribution in [3.05, 3.63) is 82.9 Å². The first-order chi connectivity index (χ1) is 33.1. The lowest BCUT2D eigenvalue weighted by molar-refractivity contribution is -0.120. The van der Waals surface area contributed by atoms with Crippen LogP contribution in [0.15, 0.2) is 48.8 Å². The predicted molar refractivity (Wildman–Crippen MR) is 265 cm³/mol. The minimum absolute atomic E-state index is 0.195. The average Bonchev–Trinajstić information content (AvgIpc) is 3.79. The highest BCUT2D eigenvalue weighted by atomic mass is 127. The molecule has 4 amide bonds. The topological polar surface area (TPSA) is 192 Å². The number of amides is 4. The van der Waals surface area contributed by atoms with Crippen molar-refractivity contribution < 1.29 is 47.3 Å². The molecule has 18 nitrogen and oxygen atoms in total. The van der Waals surface area contributed by atoms with Gasteiger partial charge in [-0.1, -0.05) is 63.1 Å². The van der Waals surface area contributed by atoms with Gasteiger partial charge in [0.2, 0.25) is 11.8 Å². The van der Waals surface area contributed by atoms with Crippen LogP contribution < -0.4 is 30.2 Å². The van der Waals surface area contributed by atoms with Gasteiger partial charge in [0.1, 0.15) is 29.9 Å². The fraction of sp³-hybridized carbons (Fsp3) is 0.542. The molecule has 2 aromatic heterocycles. The molecule has 3 fully saturated rings. The van der Waals surface area contributed by atoms with Crippen LogP contribution in [0.25, 0.3) is 0 Å². The second-order valence-electron chi connectivity index (χ2n) is 17.5. The first-order valence-corrected chi connectivity index (χ1v) is 25.2. The Bertz CT molecular complexity index is 2350. The van der Waals surface area contributed by atoms with Crippen LogP contribution in [0.5, 0.6) is 0 Å². The number of aliphatic hydroxyl groups is 1. The molecule has 0 saturated carbocycles. The Balaban J connectivity index is 0.000000200. The zero-order valence-corrected chi connectivity index (χ0v) is 42.4. The van der Waals surface area contributed by atoms with E-state index >= 15 is 0 Å². The maximum atomic E-state index is 15.0. The van der Waals surface area contributed by atoms with Crippen LogP contribution in [0.4, 0.5) is 41.1 Å². The summed E-state index contributed by atoms with van der Waals surface area (Å²) in [5.74, 6) is -1.24. The van der Waals surface area contributed by atoms with Crippen LogP contribution in [0, 0.1) is 11.6 Å². The van der Waals surface area contributed by atoms with Gasteiger partial charge in [0.25, 0.3) is 0 Å². The van der Waals surface area contributed by atoms with E-state index in [9.17, 15) is 33.1 Å². The van der Waals surface area contributed by atoms with Crippen LogP contribution in [0.2, 0.25) is 0 Å². The first kappa shape index (κ1) is 52.8. The van der Waals surface area contributed by atoms with Gasteiger partial charge in [-0.3, -0.25) is 28.8 Å². The number of anilines is 4. The molecule has 7 heterocycles. The fourth-order valence-corrected chi connectivity index (χ4v) is 8.00. The summed E-state index contributed by atoms with van der Waals surface area (Å²) in [6.45, 7) is 16.3. The molecule has 5 aliphatic rings. The van der Waals surface area contributed by atoms with E-state index in [1.807, 2.05) is 33.8 Å². The molecule has 21 heteroatoms. The number of cyclic esters (lactones) is 2. The molecule has 0 aliphatic carbocycles. The number of ether oxygens (including phenoxy) is 3. The molecular weight excluding hydrogens is 1010 g/mol. The van der Waals surface area contributed by atoms with Gasteiger partial charge in [0.15, 0.2) is 0 Å². The number of halogens is 3. The minimum Gasteiger partial charge on any atom is -0.442 e. The molecule has 4 aromatic rings. The van der Waals surface area contributed by atoms with E-state index in [0.717, 1.165) is 48.5 Å². The van der Waals surface area contributed by atoms with Crippen molar-refractivity contribution in [3.8, 4) is 0 Å². The summed E-state index contributed by atoms with van der Waals surface area (Å²) in [7, 11) is 0. The number of benzene rings is 2. The Kier molecular flexibility index (Phi) is 19.0. The zero-order chi connectivity index (χ0) is 49.8. The maximum Gasteiger partial charge on any atom is 0.414 e. The second-order valence-corrected chi connectivity index (χ2v) is 18.6. The molecule has 376 valence electrons. The first-order valence-electron chi connectivity index (χ1n) is 23.6. The largest absolute Gasteiger partial charge is 0.442 e. The Morgan fingerprint density at radius 1 is 0.754 bits per heavy atom. The monoisotopic (exact) mass is 1070 g/mol. The number of nitrogens with zero attached hydrogens (tertiary/aromatic N) is 8. The van der Waals surface area contributed by atoms with Gasteiger partial charge < -0.3 is 39.8 Å². The molecule has 4 atom stereocenters. The summed E-state index contributed by atoms with van der Waals surface area (Å²) in [5, 5.41) is 24.3. The smallest absolute Gasteiger partial charge is 0.414 e. The van der Waals surface area contributed by atoms with E-state index < -0.39 is 42.1 Å². The van der Waals surface area contributed by atoms with Crippen molar-refractivity contribution in [3.63, 3.8) is 0 Å². The quantitative estimate of drug-likeness (QED) is 0.0641. The van der Waals surface area contributed by atoms with Crippen molar-refractivity contribution in [1.82, 2.24) is 30.2 Å². The normalized spacial score (nSPS) is 19.0. The summed E-state index contributed by atoms with van der Waals surface area (Å²) >= 11 is 2.35. The van der Waals surface area contributed by atoms with E-state index in [-0.39, 0.29) is 44.1 Å². The molecular formula is C48H65F2IN10O8. The van der Waals surface area contributed by atoms with Gasteiger partial charge in [-0.2, -0.15) is 10.2 Å². The number of rotatable bonds is 15. The minimum atomic E-state index is -0.562. The van der Waals surface area contributed by atoms with Crippen molar-refractivity contribution in [2.75, 3.05) is 56.8 Å². The Hall–Kier alpha value is -5.55. The lowest BCUT2D eigenvalue weighted by Gasteiger charge is -2.21. The molecule has 2 aromatic carbocycles. The third kappa shape index (κ3) is 14.5. The predicted octanol–water partition coefficient (Wildman–Crippen LogP) is 6.81. The van der Waals surface area contributed by atoms with Crippen LogP contribution in [-0.2, 0) is 63.1 Å². The highest BCUT2D eigenvalue weighted by Gasteiger charge is 2.35. The molecule has 0 spiro atoms. The summed E-state index contributed by atoms with van der Waals surface area (Å²) in [6.07, 6.45) is 5.91. The maximum absolute atomic E-state index is 15.0. The summed E-state index contributed by atoms with van der Waals surface area (Å²) in [6, 6.07) is 9.41. The Morgan fingerprint density at radius 2 is 1.20 bits per heavy atom. The number of nitrogens with one attached hydrogen (secondary N) is 2. The Morgan fingerprint density at radius 3 is 1.59 bits per heavy atom. The molecule has 0 radical (unpaired) electrons. The van der Waals surface area contributed by atoms with E-state index in [1.165, 1.54) is 53.0 Å². The molecule has 5 aliphatic heterocycles. The number of hydrogen-bond donors (Lipinski definition) is 3. The summed E-state index contributed by atoms with van der Waals surface area (Å²) in [5.41, 5.74) is 5.67. The number of aliphatic hydroxyl groups excluding tert-OH is 1. The van der Waals surface area contributed by atoms with E-state index in [4.69, 9.17) is 14.2 Å². The van der Waals surface area contributed by atoms with Crippen LogP contribution >= 0.6 is 22.6 Å². The fourth-order valence-electron chi connectivity index (χ4n) is 8.00. The van der Waals surface area contributed by atoms with Crippen molar-refractivity contribution in [1.29, 1.82) is 0 Å². The van der Waals surface area contributed by atoms with E-state index in [1.54, 1.807) is 28.9 Å². The van der Waals surface area contributed by atoms with Crippen LogP contribution in [0.1, 0.15) is 89.7 Å². The third-order valence-corrected chi connectivity index (χ3v) is 12.4. The molecule has 9 rings (SSSR count). The van der Waals surface area contributed by atoms with Gasteiger partial charge in [-0.05, 0) is 53.7 Å². The molecule has 0 unspecified atom stereocenters.